The van der Waals surface area contributed by atoms with Crippen LogP contribution in [0.15, 0.2) is 71.3 Å². The number of esters is 1. The zero-order valence-electron chi connectivity index (χ0n) is 18.9. The van der Waals surface area contributed by atoms with Gasteiger partial charge in [-0.3, -0.25) is 9.59 Å². The Morgan fingerprint density at radius 3 is 2.38 bits per heavy atom. The van der Waals surface area contributed by atoms with Gasteiger partial charge in [0.05, 0.1) is 25.2 Å². The van der Waals surface area contributed by atoms with Gasteiger partial charge >= 0.3 is 5.97 Å². The molecule has 0 aliphatic rings. The standard InChI is InChI=1S/C25H26N2O7/c1-3-31-18-12-13-20(32-4-2)19(15-18)26-22(28)16-34-25(30)23(17-9-6-5-7-10-17)27-24(29)21-11-8-14-33-21/h5-15,23H,3-4,16H2,1-2H3,(H,26,28)(H,27,29). The summed E-state index contributed by atoms with van der Waals surface area (Å²) in [6.45, 7) is 3.97. The monoisotopic (exact) mass is 466 g/mol. The van der Waals surface area contributed by atoms with Crippen LogP contribution in [-0.4, -0.2) is 37.6 Å². The Kier molecular flexibility index (Phi) is 8.67. The lowest BCUT2D eigenvalue weighted by molar-refractivity contribution is -0.149. The van der Waals surface area contributed by atoms with Crippen molar-refractivity contribution >= 4 is 23.5 Å². The summed E-state index contributed by atoms with van der Waals surface area (Å²) in [5.41, 5.74) is 0.885. The second-order valence-corrected chi connectivity index (χ2v) is 6.97. The van der Waals surface area contributed by atoms with E-state index in [9.17, 15) is 14.4 Å². The van der Waals surface area contributed by atoms with Gasteiger partial charge in [-0.1, -0.05) is 30.3 Å². The van der Waals surface area contributed by atoms with Crippen molar-refractivity contribution in [2.24, 2.45) is 0 Å². The van der Waals surface area contributed by atoms with E-state index in [1.807, 2.05) is 13.8 Å². The van der Waals surface area contributed by atoms with Crippen LogP contribution in [0.4, 0.5) is 5.69 Å². The molecule has 1 unspecified atom stereocenters. The lowest BCUT2D eigenvalue weighted by atomic mass is 10.1. The third-order valence-corrected chi connectivity index (χ3v) is 4.57. The Bertz CT molecular complexity index is 1100. The molecule has 3 rings (SSSR count). The number of ether oxygens (including phenoxy) is 3. The molecular formula is C25H26N2O7. The maximum absolute atomic E-state index is 12.8. The van der Waals surface area contributed by atoms with Crippen molar-refractivity contribution in [2.45, 2.75) is 19.9 Å². The lowest BCUT2D eigenvalue weighted by Crippen LogP contribution is -2.36. The molecule has 2 aromatic carbocycles. The van der Waals surface area contributed by atoms with Crippen LogP contribution in [0, 0.1) is 0 Å². The van der Waals surface area contributed by atoms with E-state index in [1.54, 1.807) is 54.6 Å². The van der Waals surface area contributed by atoms with Gasteiger partial charge in [0.2, 0.25) is 0 Å². The fraction of sp³-hybridized carbons (Fsp3) is 0.240. The minimum atomic E-state index is -1.13. The molecule has 2 amide bonds. The van der Waals surface area contributed by atoms with Gasteiger partial charge in [-0.15, -0.1) is 0 Å². The molecule has 0 saturated carbocycles. The molecule has 1 atom stereocenters. The van der Waals surface area contributed by atoms with E-state index in [-0.39, 0.29) is 5.76 Å². The van der Waals surface area contributed by atoms with Gasteiger partial charge in [0.25, 0.3) is 11.8 Å². The van der Waals surface area contributed by atoms with Crippen molar-refractivity contribution in [1.29, 1.82) is 0 Å². The third-order valence-electron chi connectivity index (χ3n) is 4.57. The summed E-state index contributed by atoms with van der Waals surface area (Å²) in [7, 11) is 0. The highest BCUT2D eigenvalue weighted by atomic mass is 16.5. The van der Waals surface area contributed by atoms with E-state index in [0.717, 1.165) is 0 Å². The molecular weight excluding hydrogens is 440 g/mol. The van der Waals surface area contributed by atoms with E-state index >= 15 is 0 Å². The van der Waals surface area contributed by atoms with E-state index in [4.69, 9.17) is 18.6 Å². The van der Waals surface area contributed by atoms with Crippen molar-refractivity contribution in [2.75, 3.05) is 25.1 Å². The molecule has 0 saturated heterocycles. The average molecular weight is 466 g/mol. The summed E-state index contributed by atoms with van der Waals surface area (Å²) in [6, 6.07) is 15.5. The maximum Gasteiger partial charge on any atom is 0.333 e. The molecule has 9 nitrogen and oxygen atoms in total. The molecule has 0 aliphatic heterocycles. The van der Waals surface area contributed by atoms with Crippen molar-refractivity contribution < 1.29 is 33.0 Å². The highest BCUT2D eigenvalue weighted by Crippen LogP contribution is 2.29. The van der Waals surface area contributed by atoms with Gasteiger partial charge in [0.1, 0.15) is 11.5 Å². The SMILES string of the molecule is CCOc1ccc(OCC)c(NC(=O)COC(=O)C(NC(=O)c2ccco2)c2ccccc2)c1. The molecule has 178 valence electrons. The first-order chi connectivity index (χ1) is 16.5. The summed E-state index contributed by atoms with van der Waals surface area (Å²) < 4.78 is 21.3. The highest BCUT2D eigenvalue weighted by molar-refractivity contribution is 5.97. The fourth-order valence-corrected chi connectivity index (χ4v) is 3.08. The summed E-state index contributed by atoms with van der Waals surface area (Å²) in [5, 5.41) is 5.25. The largest absolute Gasteiger partial charge is 0.494 e. The molecule has 0 aliphatic carbocycles. The maximum atomic E-state index is 12.8. The van der Waals surface area contributed by atoms with Gasteiger partial charge in [0, 0.05) is 6.07 Å². The molecule has 0 fully saturated rings. The van der Waals surface area contributed by atoms with E-state index in [2.05, 4.69) is 10.6 Å². The molecule has 1 aromatic heterocycles. The second-order valence-electron chi connectivity index (χ2n) is 6.97. The minimum absolute atomic E-state index is 0.0455. The summed E-state index contributed by atoms with van der Waals surface area (Å²) in [5.74, 6) is -0.901. The molecule has 3 aromatic rings. The van der Waals surface area contributed by atoms with Crippen LogP contribution in [-0.2, 0) is 14.3 Å². The van der Waals surface area contributed by atoms with Gasteiger partial charge < -0.3 is 29.3 Å². The van der Waals surface area contributed by atoms with Gasteiger partial charge in [-0.2, -0.15) is 0 Å². The van der Waals surface area contributed by atoms with E-state index in [0.29, 0.717) is 36.0 Å². The van der Waals surface area contributed by atoms with Crippen molar-refractivity contribution in [3.8, 4) is 11.5 Å². The van der Waals surface area contributed by atoms with Gasteiger partial charge in [0.15, 0.2) is 18.4 Å². The Hall–Kier alpha value is -4.27. The minimum Gasteiger partial charge on any atom is -0.494 e. The number of benzene rings is 2. The number of furan rings is 1. The van der Waals surface area contributed by atoms with E-state index < -0.39 is 30.4 Å². The quantitative estimate of drug-likeness (QED) is 0.414. The molecule has 2 N–H and O–H groups in total. The predicted octanol–water partition coefficient (Wildman–Crippen LogP) is 3.73. The van der Waals surface area contributed by atoms with Crippen LogP contribution in [0.5, 0.6) is 11.5 Å². The Morgan fingerprint density at radius 2 is 1.71 bits per heavy atom. The number of hydrogen-bond acceptors (Lipinski definition) is 7. The number of nitrogens with one attached hydrogen (secondary N) is 2. The van der Waals surface area contributed by atoms with Gasteiger partial charge in [-0.25, -0.2) is 4.79 Å². The van der Waals surface area contributed by atoms with Crippen LogP contribution in [0.1, 0.15) is 36.0 Å². The molecule has 0 radical (unpaired) electrons. The number of rotatable bonds is 11. The summed E-state index contributed by atoms with van der Waals surface area (Å²) in [4.78, 5) is 37.8. The zero-order valence-corrected chi connectivity index (χ0v) is 18.9. The predicted molar refractivity (Wildman–Crippen MR) is 124 cm³/mol. The average Bonchev–Trinajstić information content (AvgIpc) is 3.39. The fourth-order valence-electron chi connectivity index (χ4n) is 3.08. The number of amides is 2. The Labute approximate surface area is 197 Å². The van der Waals surface area contributed by atoms with Crippen molar-refractivity contribution in [3.63, 3.8) is 0 Å². The molecule has 9 heteroatoms. The number of carbonyl (C=O) groups excluding carboxylic acids is 3. The van der Waals surface area contributed by atoms with E-state index in [1.165, 1.54) is 12.3 Å². The summed E-state index contributed by atoms with van der Waals surface area (Å²) in [6.07, 6.45) is 1.35. The van der Waals surface area contributed by atoms with Crippen molar-refractivity contribution in [3.05, 3.63) is 78.3 Å². The van der Waals surface area contributed by atoms with Crippen LogP contribution in [0.2, 0.25) is 0 Å². The number of carbonyl (C=O) groups is 3. The zero-order chi connectivity index (χ0) is 24.3. The molecule has 0 bridgehead atoms. The van der Waals surface area contributed by atoms with Gasteiger partial charge in [-0.05, 0) is 43.7 Å². The van der Waals surface area contributed by atoms with Crippen LogP contribution in [0.3, 0.4) is 0 Å². The Balaban J connectivity index is 1.67. The molecule has 34 heavy (non-hydrogen) atoms. The lowest BCUT2D eigenvalue weighted by Gasteiger charge is -2.18. The third kappa shape index (κ3) is 6.61. The van der Waals surface area contributed by atoms with Crippen LogP contribution in [0.25, 0.3) is 0 Å². The van der Waals surface area contributed by atoms with Crippen molar-refractivity contribution in [1.82, 2.24) is 5.32 Å². The molecule has 0 spiro atoms. The normalized spacial score (nSPS) is 11.2. The van der Waals surface area contributed by atoms with Crippen LogP contribution < -0.4 is 20.1 Å². The first-order valence-corrected chi connectivity index (χ1v) is 10.8. The second kappa shape index (κ2) is 12.1. The highest BCUT2D eigenvalue weighted by Gasteiger charge is 2.26. The first-order valence-electron chi connectivity index (χ1n) is 10.8. The molecule has 1 heterocycles. The summed E-state index contributed by atoms with van der Waals surface area (Å²) >= 11 is 0. The Morgan fingerprint density at radius 1 is 0.941 bits per heavy atom. The number of hydrogen-bond donors (Lipinski definition) is 2. The topological polar surface area (TPSA) is 116 Å². The first kappa shape index (κ1) is 24.4. The van der Waals surface area contributed by atoms with Crippen LogP contribution >= 0.6 is 0 Å². The smallest absolute Gasteiger partial charge is 0.333 e. The number of anilines is 1.